The van der Waals surface area contributed by atoms with Crippen molar-refractivity contribution in [2.24, 2.45) is 0 Å². The molecule has 2 N–H and O–H groups in total. The van der Waals surface area contributed by atoms with Gasteiger partial charge in [0.05, 0.1) is 42.3 Å². The Morgan fingerprint density at radius 3 is 2.34 bits per heavy atom. The maximum absolute atomic E-state index is 15.5. The largest absolute Gasteiger partial charge is 0.493 e. The van der Waals surface area contributed by atoms with Crippen molar-refractivity contribution in [1.82, 2.24) is 24.9 Å². The molecule has 358 valence electrons. The second-order valence-electron chi connectivity index (χ2n) is 18.3. The van der Waals surface area contributed by atoms with Crippen molar-refractivity contribution in [3.05, 3.63) is 87.7 Å². The van der Waals surface area contributed by atoms with Crippen LogP contribution in [0.25, 0.3) is 0 Å². The summed E-state index contributed by atoms with van der Waals surface area (Å²) in [6.45, 7) is 6.94. The summed E-state index contributed by atoms with van der Waals surface area (Å²) in [6.07, 6.45) is 7.83. The van der Waals surface area contributed by atoms with Gasteiger partial charge in [-0.05, 0) is 138 Å². The first-order valence-electron chi connectivity index (χ1n) is 23.4. The van der Waals surface area contributed by atoms with Gasteiger partial charge in [0.25, 0.3) is 17.7 Å². The lowest BCUT2D eigenvalue weighted by Gasteiger charge is -2.42. The van der Waals surface area contributed by atoms with E-state index in [0.717, 1.165) is 88.0 Å². The van der Waals surface area contributed by atoms with Crippen molar-refractivity contribution in [3.63, 3.8) is 0 Å². The molecule has 0 radical (unpaired) electrons. The number of methoxy groups -OCH3 is 1. The summed E-state index contributed by atoms with van der Waals surface area (Å²) in [5.41, 5.74) is 2.35. The van der Waals surface area contributed by atoms with Gasteiger partial charge in [0, 0.05) is 37.2 Å². The van der Waals surface area contributed by atoms with Crippen LogP contribution < -0.4 is 20.1 Å². The number of halogens is 1. The highest BCUT2D eigenvalue weighted by Crippen LogP contribution is 2.40. The van der Waals surface area contributed by atoms with E-state index in [1.807, 2.05) is 6.07 Å². The molecule has 16 nitrogen and oxygen atoms in total. The summed E-state index contributed by atoms with van der Waals surface area (Å²) >= 11 is 0. The summed E-state index contributed by atoms with van der Waals surface area (Å²) in [5, 5.41) is 5.15. The van der Waals surface area contributed by atoms with Gasteiger partial charge in [0.15, 0.2) is 11.5 Å². The van der Waals surface area contributed by atoms with E-state index in [1.165, 1.54) is 24.1 Å². The quantitative estimate of drug-likeness (QED) is 0.133. The third-order valence-electron chi connectivity index (χ3n) is 13.9. The minimum absolute atomic E-state index is 0.0268. The van der Waals surface area contributed by atoms with Crippen molar-refractivity contribution in [2.45, 2.75) is 102 Å². The minimum Gasteiger partial charge on any atom is -0.493 e. The second-order valence-corrected chi connectivity index (χ2v) is 20.5. The molecule has 3 fully saturated rings. The Morgan fingerprint density at radius 1 is 0.881 bits per heavy atom. The lowest BCUT2D eigenvalue weighted by atomic mass is 9.86. The zero-order valence-corrected chi connectivity index (χ0v) is 39.1. The number of rotatable bonds is 17. The van der Waals surface area contributed by atoms with Gasteiger partial charge < -0.3 is 29.5 Å². The average Bonchev–Trinajstić information content (AvgIpc) is 3.75. The second kappa shape index (κ2) is 20.2. The zero-order valence-electron chi connectivity index (χ0n) is 38.3. The molecule has 5 aliphatic heterocycles. The molecule has 2 atom stereocenters. The number of anilines is 1. The van der Waals surface area contributed by atoms with E-state index in [4.69, 9.17) is 9.47 Å². The fraction of sp³-hybridized carbons (Fsp3) is 0.510. The van der Waals surface area contributed by atoms with Crippen molar-refractivity contribution < 1.29 is 51.0 Å². The number of nitrogens with zero attached hydrogens (tertiary/aromatic N) is 4. The smallest absolute Gasteiger partial charge is 0.264 e. The van der Waals surface area contributed by atoms with Crippen molar-refractivity contribution in [3.8, 4) is 11.5 Å². The van der Waals surface area contributed by atoms with Crippen LogP contribution in [0.15, 0.2) is 48.5 Å². The van der Waals surface area contributed by atoms with E-state index in [1.54, 1.807) is 37.3 Å². The van der Waals surface area contributed by atoms with Crippen LogP contribution in [0.4, 0.5) is 10.1 Å². The molecule has 3 aromatic rings. The number of amides is 6. The van der Waals surface area contributed by atoms with Gasteiger partial charge in [0.1, 0.15) is 21.7 Å². The molecule has 0 aliphatic carbocycles. The highest BCUT2D eigenvalue weighted by atomic mass is 32.2. The molecule has 3 saturated heterocycles. The maximum Gasteiger partial charge on any atom is 0.264 e. The molecule has 5 aliphatic rings. The molecule has 18 heteroatoms. The Labute approximate surface area is 390 Å². The molecular weight excluding hydrogens is 884 g/mol. The fourth-order valence-corrected chi connectivity index (χ4v) is 11.4. The van der Waals surface area contributed by atoms with Gasteiger partial charge >= 0.3 is 0 Å². The SMILES string of the molecule is CCOc1cc([C@@H](CS(C)(=O)=O)N2C(=O)c3cccc(NC(=O)CCCCCN4CCC(N5CCC(c6cc7c(cc6F)C(=O)N(C6CCC(=O)NC6=O)C7)CC5)CC4)c3C2=O)ccc1OC. The van der Waals surface area contributed by atoms with E-state index in [-0.39, 0.29) is 72.1 Å². The number of fused-ring (bicyclic) bond motifs is 2. The van der Waals surface area contributed by atoms with Crippen LogP contribution in [0, 0.1) is 5.82 Å². The number of benzene rings is 3. The fourth-order valence-electron chi connectivity index (χ4n) is 10.5. The van der Waals surface area contributed by atoms with Crippen LogP contribution in [0.3, 0.4) is 0 Å². The number of unbranched alkanes of at least 4 members (excludes halogenated alkanes) is 2. The monoisotopic (exact) mass is 942 g/mol. The number of hydrogen-bond acceptors (Lipinski definition) is 12. The van der Waals surface area contributed by atoms with Crippen molar-refractivity contribution in [1.29, 1.82) is 0 Å². The number of sulfone groups is 1. The first-order valence-corrected chi connectivity index (χ1v) is 25.4. The average molecular weight is 943 g/mol. The van der Waals surface area contributed by atoms with Gasteiger partial charge in [-0.15, -0.1) is 0 Å². The molecule has 3 aromatic carbocycles. The van der Waals surface area contributed by atoms with Gasteiger partial charge in [-0.3, -0.25) is 39.0 Å². The van der Waals surface area contributed by atoms with Crippen LogP contribution in [0.1, 0.15) is 131 Å². The van der Waals surface area contributed by atoms with Gasteiger partial charge in [0.2, 0.25) is 17.7 Å². The van der Waals surface area contributed by atoms with Gasteiger partial charge in [-0.25, -0.2) is 12.8 Å². The minimum atomic E-state index is -3.68. The standard InChI is InChI=1S/C49H59FN6O10S/c1-4-66-42-26-31(12-14-41(42)65-2)40(29-67(3,63)64)56-48(61)34-9-8-10-38(45(34)49(56)62)51-43(57)11-6-5-7-20-53-21-18-33(19-22-53)54-23-16-30(17-24-54)35-25-32-28-55(47(60)36(32)27-37(35)50)39-13-15-44(58)52-46(39)59/h8-10,12,14,25-27,30,33,39-40H,4-7,11,13,15-24,28-29H2,1-3H3,(H,51,57)(H,52,58,59)/t39?,40-/m1/s1. The molecule has 0 spiro atoms. The molecule has 8 rings (SSSR count). The molecule has 1 unspecified atom stereocenters. The topological polar surface area (TPSA) is 192 Å². The molecule has 0 saturated carbocycles. The first kappa shape index (κ1) is 47.8. The summed E-state index contributed by atoms with van der Waals surface area (Å²) in [4.78, 5) is 85.7. The molecule has 67 heavy (non-hydrogen) atoms. The number of ether oxygens (including phenoxy) is 2. The predicted octanol–water partition coefficient (Wildman–Crippen LogP) is 5.22. The lowest BCUT2D eigenvalue weighted by Crippen LogP contribution is -2.52. The lowest BCUT2D eigenvalue weighted by molar-refractivity contribution is -0.137. The summed E-state index contributed by atoms with van der Waals surface area (Å²) < 4.78 is 51.9. The molecular formula is C49H59FN6O10S. The van der Waals surface area contributed by atoms with E-state index >= 15 is 4.39 Å². The van der Waals surface area contributed by atoms with Gasteiger partial charge in [-0.2, -0.15) is 0 Å². The Kier molecular flexibility index (Phi) is 14.4. The molecule has 5 heterocycles. The predicted molar refractivity (Wildman–Crippen MR) is 246 cm³/mol. The Bertz CT molecular complexity index is 2560. The van der Waals surface area contributed by atoms with Crippen molar-refractivity contribution in [2.75, 3.05) is 63.8 Å². The van der Waals surface area contributed by atoms with Crippen LogP contribution in [-0.2, 0) is 30.8 Å². The van der Waals surface area contributed by atoms with Crippen LogP contribution in [-0.4, -0.2) is 134 Å². The van der Waals surface area contributed by atoms with Crippen LogP contribution in [0.2, 0.25) is 0 Å². The number of imide groups is 2. The van der Waals surface area contributed by atoms with E-state index < -0.39 is 45.4 Å². The molecule has 0 aromatic heterocycles. The van der Waals surface area contributed by atoms with Gasteiger partial charge in [-0.1, -0.05) is 24.6 Å². The number of likely N-dealkylation sites (tertiary alicyclic amines) is 2. The number of carbonyl (C=O) groups excluding carboxylic acids is 6. The first-order chi connectivity index (χ1) is 32.1. The number of hydrogen-bond donors (Lipinski definition) is 2. The highest BCUT2D eigenvalue weighted by Gasteiger charge is 2.44. The number of nitrogens with one attached hydrogen (secondary N) is 2. The highest BCUT2D eigenvalue weighted by molar-refractivity contribution is 7.90. The van der Waals surface area contributed by atoms with E-state index in [9.17, 15) is 37.2 Å². The van der Waals surface area contributed by atoms with E-state index in [2.05, 4.69) is 20.4 Å². The zero-order chi connectivity index (χ0) is 47.6. The summed E-state index contributed by atoms with van der Waals surface area (Å²) in [6, 6.07) is 11.2. The molecule has 0 bridgehead atoms. The van der Waals surface area contributed by atoms with Crippen LogP contribution in [0.5, 0.6) is 11.5 Å². The third-order valence-corrected chi connectivity index (χ3v) is 14.8. The Balaban J connectivity index is 0.771. The maximum atomic E-state index is 15.5. The normalized spacial score (nSPS) is 20.2. The number of carbonyl (C=O) groups is 6. The molecule has 6 amide bonds. The Morgan fingerprint density at radius 2 is 1.64 bits per heavy atom. The van der Waals surface area contributed by atoms with E-state index in [0.29, 0.717) is 47.3 Å². The van der Waals surface area contributed by atoms with Crippen LogP contribution >= 0.6 is 0 Å². The summed E-state index contributed by atoms with van der Waals surface area (Å²) in [7, 11) is -2.21. The summed E-state index contributed by atoms with van der Waals surface area (Å²) in [5.74, 6) is -2.92. The Hall–Kier alpha value is -5.72. The third kappa shape index (κ3) is 10.4. The number of piperidine rings is 3. The van der Waals surface area contributed by atoms with Crippen molar-refractivity contribution >= 4 is 51.0 Å².